The lowest BCUT2D eigenvalue weighted by molar-refractivity contribution is -0.127. The van der Waals surface area contributed by atoms with Crippen LogP contribution in [-0.2, 0) is 28.8 Å². The lowest BCUT2D eigenvalue weighted by atomic mass is 10.0. The molecule has 3 N–H and O–H groups in total. The van der Waals surface area contributed by atoms with Crippen molar-refractivity contribution < 1.29 is 33.6 Å². The van der Waals surface area contributed by atoms with Gasteiger partial charge in [-0.2, -0.15) is 0 Å². The molecule has 12 nitrogen and oxygen atoms in total. The highest BCUT2D eigenvalue weighted by Gasteiger charge is 2.38. The second kappa shape index (κ2) is 13.5. The number of rotatable bonds is 10. The van der Waals surface area contributed by atoms with Crippen molar-refractivity contribution in [1.29, 1.82) is 0 Å². The zero-order chi connectivity index (χ0) is 31.1. The number of anilines is 2. The van der Waals surface area contributed by atoms with Crippen molar-refractivity contribution in [3.05, 3.63) is 72.3 Å². The van der Waals surface area contributed by atoms with Crippen molar-refractivity contribution in [2.75, 3.05) is 29.4 Å². The van der Waals surface area contributed by atoms with Gasteiger partial charge in [-0.1, -0.05) is 48.5 Å². The van der Waals surface area contributed by atoms with Crippen LogP contribution in [-0.4, -0.2) is 73.3 Å². The zero-order valence-corrected chi connectivity index (χ0v) is 23.7. The number of fused-ring (bicyclic) bond motifs is 2. The summed E-state index contributed by atoms with van der Waals surface area (Å²) in [5, 5.41) is 9.11. The number of benzene rings is 3. The summed E-state index contributed by atoms with van der Waals surface area (Å²) in [5.74, 6) is -3.25. The van der Waals surface area contributed by atoms with E-state index < -0.39 is 48.2 Å². The van der Waals surface area contributed by atoms with Crippen LogP contribution in [0.2, 0.25) is 0 Å². The molecule has 222 valence electrons. The first kappa shape index (κ1) is 30.6. The second-order valence-electron chi connectivity index (χ2n) is 10.1. The largest absolute Gasteiger partial charge is 0.347 e. The number of amides is 5. The number of Topliss-reactive ketones (excluding diaryl/α,β-unsaturated/α-hetero) is 1. The summed E-state index contributed by atoms with van der Waals surface area (Å²) in [6.07, 6.45) is 0.224. The van der Waals surface area contributed by atoms with E-state index in [1.165, 1.54) is 18.7 Å². The van der Waals surface area contributed by atoms with Gasteiger partial charge in [0.15, 0.2) is 0 Å². The fourth-order valence-corrected chi connectivity index (χ4v) is 4.89. The third-order valence-corrected chi connectivity index (χ3v) is 6.84. The Balaban J connectivity index is 1.71. The monoisotopic (exact) mass is 585 g/mol. The van der Waals surface area contributed by atoms with Gasteiger partial charge in [0.2, 0.25) is 17.7 Å². The maximum atomic E-state index is 14.0. The number of nitrogens with zero attached hydrogens (tertiary/aromatic N) is 2. The van der Waals surface area contributed by atoms with E-state index in [-0.39, 0.29) is 36.7 Å². The summed E-state index contributed by atoms with van der Waals surface area (Å²) in [6.45, 7) is 1.33. The molecule has 0 fully saturated rings. The fourth-order valence-electron chi connectivity index (χ4n) is 4.89. The van der Waals surface area contributed by atoms with Crippen LogP contribution in [0, 0.1) is 0 Å². The number of carbonyl (C=O) groups excluding carboxylic acids is 7. The number of aldehydes is 1. The number of carbonyl (C=O) groups is 7. The van der Waals surface area contributed by atoms with E-state index in [9.17, 15) is 33.6 Å². The van der Waals surface area contributed by atoms with Crippen LogP contribution in [0.5, 0.6) is 0 Å². The molecule has 0 saturated carbocycles. The van der Waals surface area contributed by atoms with E-state index in [2.05, 4.69) is 16.0 Å². The highest BCUT2D eigenvalue weighted by molar-refractivity contribution is 6.13. The minimum absolute atomic E-state index is 0.204. The van der Waals surface area contributed by atoms with Gasteiger partial charge in [-0.05, 0) is 35.9 Å². The third kappa shape index (κ3) is 7.28. The fraction of sp³-hybridized carbons (Fsp3) is 0.258. The van der Waals surface area contributed by atoms with Crippen molar-refractivity contribution >= 4 is 63.8 Å². The molecule has 43 heavy (non-hydrogen) atoms. The minimum Gasteiger partial charge on any atom is -0.347 e. The van der Waals surface area contributed by atoms with Gasteiger partial charge < -0.3 is 25.6 Å². The third-order valence-electron chi connectivity index (χ3n) is 6.84. The van der Waals surface area contributed by atoms with Crippen LogP contribution in [0.3, 0.4) is 0 Å². The summed E-state index contributed by atoms with van der Waals surface area (Å²) in [5.41, 5.74) is 0.790. The Morgan fingerprint density at radius 2 is 1.60 bits per heavy atom. The maximum absolute atomic E-state index is 14.0. The highest BCUT2D eigenvalue weighted by Crippen LogP contribution is 2.33. The van der Waals surface area contributed by atoms with Crippen LogP contribution in [0.1, 0.15) is 30.6 Å². The second-order valence-corrected chi connectivity index (χ2v) is 10.1. The highest BCUT2D eigenvalue weighted by atomic mass is 16.2. The van der Waals surface area contributed by atoms with E-state index in [0.29, 0.717) is 17.2 Å². The Labute approximate surface area is 247 Å². The Bertz CT molecular complexity index is 1600. The standard InChI is InChI=1S/C31H31N5O7/c1-19(38)14-22(18-37)33-28(40)17-36-27-13-6-5-12-26(27)35(29(41)15-32-20(2)39)16-25(31(36)43)34-30(42)24-11-7-9-21-8-3-4-10-23(21)24/h3-13,18,22,25H,14-17H2,1-2H3,(H,32,39)(H,33,40)(H,34,42). The molecule has 12 heteroatoms. The van der Waals surface area contributed by atoms with Gasteiger partial charge in [-0.15, -0.1) is 0 Å². The van der Waals surface area contributed by atoms with Crippen LogP contribution in [0.4, 0.5) is 11.4 Å². The normalized spacial score (nSPS) is 15.1. The number of para-hydroxylation sites is 2. The Hall–Kier alpha value is -5.39. The lowest BCUT2D eigenvalue weighted by Crippen LogP contribution is -2.55. The molecule has 1 aliphatic heterocycles. The summed E-state index contributed by atoms with van der Waals surface area (Å²) < 4.78 is 0. The molecule has 2 unspecified atom stereocenters. The Kier molecular flexibility index (Phi) is 9.61. The molecule has 2 atom stereocenters. The van der Waals surface area contributed by atoms with Crippen molar-refractivity contribution in [2.24, 2.45) is 0 Å². The Morgan fingerprint density at radius 3 is 2.30 bits per heavy atom. The minimum atomic E-state index is -1.30. The molecule has 3 aromatic rings. The van der Waals surface area contributed by atoms with Gasteiger partial charge >= 0.3 is 0 Å². The van der Waals surface area contributed by atoms with Gasteiger partial charge in [0.05, 0.1) is 30.5 Å². The molecule has 0 aromatic heterocycles. The molecular weight excluding hydrogens is 554 g/mol. The van der Waals surface area contributed by atoms with Crippen molar-refractivity contribution in [3.63, 3.8) is 0 Å². The van der Waals surface area contributed by atoms with Gasteiger partial charge in [0.1, 0.15) is 24.7 Å². The molecule has 1 heterocycles. The first-order valence-corrected chi connectivity index (χ1v) is 13.6. The van der Waals surface area contributed by atoms with E-state index in [4.69, 9.17) is 0 Å². The molecule has 1 aliphatic rings. The maximum Gasteiger partial charge on any atom is 0.252 e. The van der Waals surface area contributed by atoms with Gasteiger partial charge in [0, 0.05) is 18.9 Å². The van der Waals surface area contributed by atoms with E-state index in [0.717, 1.165) is 10.3 Å². The molecule has 3 aromatic carbocycles. The topological polar surface area (TPSA) is 162 Å². The molecule has 5 amide bonds. The van der Waals surface area contributed by atoms with Gasteiger partial charge in [-0.25, -0.2) is 0 Å². The van der Waals surface area contributed by atoms with Crippen LogP contribution in [0.15, 0.2) is 66.7 Å². The predicted molar refractivity (Wildman–Crippen MR) is 158 cm³/mol. The first-order chi connectivity index (χ1) is 20.6. The molecular formula is C31H31N5O7. The molecule has 4 rings (SSSR count). The van der Waals surface area contributed by atoms with Crippen LogP contribution >= 0.6 is 0 Å². The van der Waals surface area contributed by atoms with Crippen molar-refractivity contribution in [2.45, 2.75) is 32.4 Å². The average Bonchev–Trinajstić information content (AvgIpc) is 3.09. The summed E-state index contributed by atoms with van der Waals surface area (Å²) >= 11 is 0. The van der Waals surface area contributed by atoms with Gasteiger partial charge in [0.25, 0.3) is 11.8 Å². The number of nitrogens with one attached hydrogen (secondary N) is 3. The number of ketones is 1. The summed E-state index contributed by atoms with van der Waals surface area (Å²) in [7, 11) is 0. The lowest BCUT2D eigenvalue weighted by Gasteiger charge is -2.25. The van der Waals surface area contributed by atoms with Gasteiger partial charge in [-0.3, -0.25) is 33.7 Å². The smallest absolute Gasteiger partial charge is 0.252 e. The zero-order valence-electron chi connectivity index (χ0n) is 23.7. The van der Waals surface area contributed by atoms with E-state index >= 15 is 0 Å². The van der Waals surface area contributed by atoms with E-state index in [1.807, 2.05) is 18.2 Å². The predicted octanol–water partition coefficient (Wildman–Crippen LogP) is 1.12. The molecule has 0 spiro atoms. The number of hydrogen-bond donors (Lipinski definition) is 3. The summed E-state index contributed by atoms with van der Waals surface area (Å²) in [4.78, 5) is 90.9. The first-order valence-electron chi connectivity index (χ1n) is 13.6. The molecule has 0 aliphatic carbocycles. The van der Waals surface area contributed by atoms with Crippen LogP contribution in [0.25, 0.3) is 10.8 Å². The average molecular weight is 586 g/mol. The Morgan fingerprint density at radius 1 is 0.930 bits per heavy atom. The molecule has 0 radical (unpaired) electrons. The number of hydrogen-bond acceptors (Lipinski definition) is 7. The molecule has 0 bridgehead atoms. The van der Waals surface area contributed by atoms with Crippen molar-refractivity contribution in [3.8, 4) is 0 Å². The van der Waals surface area contributed by atoms with E-state index in [1.54, 1.807) is 48.5 Å². The van der Waals surface area contributed by atoms with Crippen molar-refractivity contribution in [1.82, 2.24) is 16.0 Å². The quantitative estimate of drug-likeness (QED) is 0.300. The summed E-state index contributed by atoms with van der Waals surface area (Å²) in [6, 6.07) is 16.4. The molecule has 0 saturated heterocycles. The van der Waals surface area contributed by atoms with Crippen LogP contribution < -0.4 is 25.8 Å². The SMILES string of the molecule is CC(=O)CC(C=O)NC(=O)CN1C(=O)C(NC(=O)c2cccc3ccccc23)CN(C(=O)CNC(C)=O)c2ccccc21.